The third-order valence-electron chi connectivity index (χ3n) is 3.56. The highest BCUT2D eigenvalue weighted by Crippen LogP contribution is 2.30. The van der Waals surface area contributed by atoms with Crippen LogP contribution in [-0.2, 0) is 6.42 Å². The van der Waals surface area contributed by atoms with Crippen molar-refractivity contribution in [3.63, 3.8) is 0 Å². The predicted molar refractivity (Wildman–Crippen MR) is 90.6 cm³/mol. The van der Waals surface area contributed by atoms with E-state index in [1.165, 1.54) is 12.1 Å². The van der Waals surface area contributed by atoms with E-state index >= 15 is 0 Å². The largest absolute Gasteiger partial charge is 0.382 e. The minimum atomic E-state index is -0.410. The van der Waals surface area contributed by atoms with Crippen molar-refractivity contribution in [2.45, 2.75) is 19.4 Å². The van der Waals surface area contributed by atoms with Crippen LogP contribution in [0.1, 0.15) is 12.6 Å². The Morgan fingerprint density at radius 3 is 2.65 bits per heavy atom. The Balaban J connectivity index is 0.000000188. The van der Waals surface area contributed by atoms with E-state index in [0.29, 0.717) is 11.1 Å². The zero-order chi connectivity index (χ0) is 16.4. The molecule has 1 aromatic heterocycles. The third kappa shape index (κ3) is 3.35. The van der Waals surface area contributed by atoms with Crippen LogP contribution in [0.5, 0.6) is 0 Å². The van der Waals surface area contributed by atoms with Crippen molar-refractivity contribution in [2.75, 3.05) is 5.32 Å². The van der Waals surface area contributed by atoms with Gasteiger partial charge in [0.05, 0.1) is 11.1 Å². The van der Waals surface area contributed by atoms with Crippen molar-refractivity contribution in [1.82, 2.24) is 10.2 Å². The number of benzene rings is 2. The van der Waals surface area contributed by atoms with Crippen molar-refractivity contribution >= 4 is 28.1 Å². The molecule has 1 aliphatic heterocycles. The lowest BCUT2D eigenvalue weighted by Crippen LogP contribution is -2.26. The zero-order valence-electron chi connectivity index (χ0n) is 12.4. The van der Waals surface area contributed by atoms with Crippen LogP contribution in [0.2, 0.25) is 5.02 Å². The summed E-state index contributed by atoms with van der Waals surface area (Å²) >= 11 is 5.54. The summed E-state index contributed by atoms with van der Waals surface area (Å²) in [5.41, 5.74) is 1.12. The van der Waals surface area contributed by atoms with Crippen LogP contribution in [0.15, 0.2) is 47.3 Å². The van der Waals surface area contributed by atoms with E-state index < -0.39 is 5.82 Å². The van der Waals surface area contributed by atoms with Gasteiger partial charge in [-0.15, -0.1) is 0 Å². The van der Waals surface area contributed by atoms with Crippen molar-refractivity contribution in [3.8, 4) is 0 Å². The number of aromatic amines is 1. The van der Waals surface area contributed by atoms with Crippen LogP contribution in [-0.4, -0.2) is 16.2 Å². The van der Waals surface area contributed by atoms with E-state index in [-0.39, 0.29) is 11.6 Å². The van der Waals surface area contributed by atoms with Crippen molar-refractivity contribution in [3.05, 3.63) is 69.4 Å². The van der Waals surface area contributed by atoms with E-state index in [9.17, 15) is 9.18 Å². The summed E-state index contributed by atoms with van der Waals surface area (Å²) in [6.07, 6.45) is 0.728. The number of hydrogen-bond donors (Lipinski definition) is 2. The summed E-state index contributed by atoms with van der Waals surface area (Å²) < 4.78 is 13.3. The fraction of sp³-hybridized carbons (Fsp3) is 0.176. The van der Waals surface area contributed by atoms with Crippen LogP contribution < -0.4 is 10.9 Å². The normalized spacial score (nSPS) is 15.5. The van der Waals surface area contributed by atoms with Crippen molar-refractivity contribution in [1.29, 1.82) is 0 Å². The maximum Gasteiger partial charge on any atom is 0.272 e. The first-order valence-corrected chi connectivity index (χ1v) is 7.60. The molecule has 0 amide bonds. The lowest BCUT2D eigenvalue weighted by Gasteiger charge is -2.23. The molecular weight excluding hydrogens is 317 g/mol. The number of rotatable bonds is 0. The molecule has 4 nitrogen and oxygen atoms in total. The highest BCUT2D eigenvalue weighted by molar-refractivity contribution is 6.30. The Kier molecular flexibility index (Phi) is 4.30. The lowest BCUT2D eigenvalue weighted by atomic mass is 9.99. The highest BCUT2D eigenvalue weighted by atomic mass is 35.5. The van der Waals surface area contributed by atoms with Crippen molar-refractivity contribution in [2.24, 2.45) is 0 Å². The minimum Gasteiger partial charge on any atom is -0.382 e. The first-order chi connectivity index (χ1) is 11.0. The van der Waals surface area contributed by atoms with Gasteiger partial charge in [0.1, 0.15) is 5.82 Å². The molecule has 2 N–H and O–H groups in total. The maximum atomic E-state index is 13.3. The molecule has 0 bridgehead atoms. The van der Waals surface area contributed by atoms with E-state index in [1.54, 1.807) is 0 Å². The Morgan fingerprint density at radius 2 is 2.00 bits per heavy atom. The molecule has 2 heterocycles. The van der Waals surface area contributed by atoms with E-state index in [4.69, 9.17) is 11.6 Å². The maximum absolute atomic E-state index is 13.3. The molecule has 2 aromatic carbocycles. The summed E-state index contributed by atoms with van der Waals surface area (Å²) in [6, 6.07) is 12.3. The molecule has 0 radical (unpaired) electrons. The van der Waals surface area contributed by atoms with Gasteiger partial charge in [-0.1, -0.05) is 29.8 Å². The second-order valence-corrected chi connectivity index (χ2v) is 5.86. The Labute approximate surface area is 137 Å². The smallest absolute Gasteiger partial charge is 0.272 e. The number of H-pyrrole nitrogens is 1. The number of halogens is 2. The second kappa shape index (κ2) is 6.38. The molecule has 0 saturated heterocycles. The van der Waals surface area contributed by atoms with E-state index in [2.05, 4.69) is 15.5 Å². The summed E-state index contributed by atoms with van der Waals surface area (Å²) in [7, 11) is 0. The fourth-order valence-electron chi connectivity index (χ4n) is 2.61. The molecule has 1 aliphatic rings. The number of anilines is 1. The van der Waals surface area contributed by atoms with Gasteiger partial charge in [-0.3, -0.25) is 4.79 Å². The monoisotopic (exact) mass is 331 g/mol. The molecule has 1 atom stereocenters. The quantitative estimate of drug-likeness (QED) is 0.659. The molecule has 4 rings (SSSR count). The molecule has 1 unspecified atom stereocenters. The second-order valence-electron chi connectivity index (χ2n) is 5.42. The van der Waals surface area contributed by atoms with Gasteiger partial charge in [0.2, 0.25) is 0 Å². The average molecular weight is 332 g/mol. The Hall–Kier alpha value is -2.40. The topological polar surface area (TPSA) is 57.8 Å². The van der Waals surface area contributed by atoms with Gasteiger partial charge < -0.3 is 5.32 Å². The molecule has 3 aromatic rings. The molecule has 0 aliphatic carbocycles. The molecule has 118 valence electrons. The lowest BCUT2D eigenvalue weighted by molar-refractivity contribution is 0.628. The van der Waals surface area contributed by atoms with Crippen LogP contribution in [0.4, 0.5) is 10.1 Å². The summed E-state index contributed by atoms with van der Waals surface area (Å²) in [6.45, 7) is 1.99. The van der Waals surface area contributed by atoms with E-state index in [0.717, 1.165) is 22.5 Å². The number of nitrogens with zero attached hydrogens (tertiary/aromatic N) is 1. The molecule has 0 fully saturated rings. The van der Waals surface area contributed by atoms with Gasteiger partial charge in [0.25, 0.3) is 5.56 Å². The number of hydrogen-bond acceptors (Lipinski definition) is 3. The fourth-order valence-corrected chi connectivity index (χ4v) is 2.76. The molecule has 6 heteroatoms. The van der Waals surface area contributed by atoms with Crippen LogP contribution >= 0.6 is 11.6 Å². The van der Waals surface area contributed by atoms with Crippen LogP contribution in [0.3, 0.4) is 0 Å². The molecule has 0 spiro atoms. The van der Waals surface area contributed by atoms with Gasteiger partial charge in [-0.05, 0) is 31.2 Å². The van der Waals surface area contributed by atoms with Gasteiger partial charge in [0, 0.05) is 28.6 Å². The summed E-state index contributed by atoms with van der Waals surface area (Å²) in [5.74, 6) is -0.410. The summed E-state index contributed by atoms with van der Waals surface area (Å²) in [5, 5.41) is 11.5. The number of nitrogens with one attached hydrogen (secondary N) is 2. The Morgan fingerprint density at radius 1 is 1.26 bits per heavy atom. The summed E-state index contributed by atoms with van der Waals surface area (Å²) in [4.78, 5) is 11.5. The number of aromatic nitrogens is 2. The van der Waals surface area contributed by atoms with Gasteiger partial charge in [-0.25, -0.2) is 9.49 Å². The first kappa shape index (κ1) is 15.5. The minimum absolute atomic E-state index is 0.191. The first-order valence-electron chi connectivity index (χ1n) is 7.22. The SMILES string of the molecule is CC1Cc2n[nH]c(=O)c3cc(F)cc(c23)N1.Clc1ccccc1. The van der Waals surface area contributed by atoms with Crippen LogP contribution in [0.25, 0.3) is 10.8 Å². The van der Waals surface area contributed by atoms with Crippen molar-refractivity contribution < 1.29 is 4.39 Å². The van der Waals surface area contributed by atoms with Gasteiger partial charge in [-0.2, -0.15) is 5.10 Å². The Bertz CT molecular complexity index is 895. The molecular formula is C17H15ClFN3O. The average Bonchev–Trinajstić information content (AvgIpc) is 2.51. The predicted octanol–water partition coefficient (Wildman–Crippen LogP) is 3.76. The van der Waals surface area contributed by atoms with Gasteiger partial charge >= 0.3 is 0 Å². The van der Waals surface area contributed by atoms with Crippen LogP contribution in [0, 0.1) is 5.82 Å². The van der Waals surface area contributed by atoms with E-state index in [1.807, 2.05) is 37.3 Å². The zero-order valence-corrected chi connectivity index (χ0v) is 13.2. The molecule has 23 heavy (non-hydrogen) atoms. The highest BCUT2D eigenvalue weighted by Gasteiger charge is 2.20. The standard InChI is InChI=1S/C11H10FN3O.C6H5Cl/c1-5-2-9-10-7(11(16)15-14-9)3-6(12)4-8(10)13-5;7-6-4-2-1-3-5-6/h3-5,13H,2H2,1H3,(H,15,16);1-5H. The van der Waals surface area contributed by atoms with Gasteiger partial charge in [0.15, 0.2) is 0 Å². The molecule has 0 saturated carbocycles. The third-order valence-corrected chi connectivity index (χ3v) is 3.82.